The molecule has 5 heteroatoms. The minimum Gasteiger partial charge on any atom is -0.481 e. The van der Waals surface area contributed by atoms with Crippen molar-refractivity contribution in [1.82, 2.24) is 0 Å². The predicted octanol–water partition coefficient (Wildman–Crippen LogP) is 1.13. The number of benzene rings is 1. The zero-order valence-corrected chi connectivity index (χ0v) is 7.51. The van der Waals surface area contributed by atoms with Gasteiger partial charge in [-0.3, -0.25) is 4.79 Å². The van der Waals surface area contributed by atoms with Crippen molar-refractivity contribution in [1.29, 1.82) is 0 Å². The number of carboxylic acid groups (broad SMARTS) is 1. The van der Waals surface area contributed by atoms with E-state index in [0.29, 0.717) is 22.0 Å². The van der Waals surface area contributed by atoms with Crippen LogP contribution in [-0.2, 0) is 11.2 Å². The van der Waals surface area contributed by atoms with Crippen LogP contribution in [0.5, 0.6) is 0 Å². The van der Waals surface area contributed by atoms with E-state index in [9.17, 15) is 4.79 Å². The van der Waals surface area contributed by atoms with Crippen LogP contribution in [0.4, 0.5) is 11.4 Å². The number of carboxylic acids is 1. The molecule has 0 aliphatic carbocycles. The molecule has 0 aliphatic rings. The molecule has 70 valence electrons. The Morgan fingerprint density at radius 3 is 2.54 bits per heavy atom. The topological polar surface area (TPSA) is 89.3 Å². The van der Waals surface area contributed by atoms with Crippen molar-refractivity contribution >= 4 is 28.9 Å². The zero-order chi connectivity index (χ0) is 10.0. The molecule has 1 rings (SSSR count). The van der Waals surface area contributed by atoms with Crippen molar-refractivity contribution in [3.63, 3.8) is 0 Å². The summed E-state index contributed by atoms with van der Waals surface area (Å²) in [5.41, 5.74) is 12.2. The van der Waals surface area contributed by atoms with E-state index in [0.717, 1.165) is 0 Å². The van der Waals surface area contributed by atoms with Crippen molar-refractivity contribution < 1.29 is 9.90 Å². The number of nitrogen functional groups attached to an aromatic ring is 2. The van der Waals surface area contributed by atoms with Gasteiger partial charge in [-0.2, -0.15) is 0 Å². The molecule has 0 aliphatic heterocycles. The number of halogens is 1. The summed E-state index contributed by atoms with van der Waals surface area (Å²) in [4.78, 5) is 10.4. The van der Waals surface area contributed by atoms with E-state index in [-0.39, 0.29) is 6.42 Å². The van der Waals surface area contributed by atoms with Gasteiger partial charge in [-0.05, 0) is 17.7 Å². The number of hydrogen-bond donors (Lipinski definition) is 3. The Hall–Kier alpha value is -1.42. The fraction of sp³-hybridized carbons (Fsp3) is 0.125. The Morgan fingerprint density at radius 2 is 2.00 bits per heavy atom. The molecule has 0 saturated heterocycles. The van der Waals surface area contributed by atoms with Crippen LogP contribution < -0.4 is 11.5 Å². The van der Waals surface area contributed by atoms with Gasteiger partial charge in [-0.1, -0.05) is 11.6 Å². The molecule has 0 atom stereocenters. The second-order valence-corrected chi connectivity index (χ2v) is 3.05. The SMILES string of the molecule is Nc1cc(CC(=O)O)c(N)cc1Cl. The van der Waals surface area contributed by atoms with E-state index in [1.54, 1.807) is 0 Å². The van der Waals surface area contributed by atoms with Gasteiger partial charge in [0.1, 0.15) is 0 Å². The molecule has 0 saturated carbocycles. The fourth-order valence-electron chi connectivity index (χ4n) is 0.969. The standard InChI is InChI=1S/C8H9ClN2O2/c9-5-3-6(10)4(1-7(5)11)2-8(12)13/h1,3H,2,10-11H2,(H,12,13). The Bertz CT molecular complexity index is 352. The quantitative estimate of drug-likeness (QED) is 0.625. The lowest BCUT2D eigenvalue weighted by molar-refractivity contribution is -0.136. The fourth-order valence-corrected chi connectivity index (χ4v) is 1.14. The van der Waals surface area contributed by atoms with Crippen LogP contribution in [0.25, 0.3) is 0 Å². The molecule has 0 unspecified atom stereocenters. The monoisotopic (exact) mass is 200 g/mol. The van der Waals surface area contributed by atoms with Gasteiger partial charge in [0.15, 0.2) is 0 Å². The summed E-state index contributed by atoms with van der Waals surface area (Å²) in [7, 11) is 0. The molecule has 5 N–H and O–H groups in total. The molecule has 4 nitrogen and oxygen atoms in total. The lowest BCUT2D eigenvalue weighted by atomic mass is 10.1. The number of carbonyl (C=O) groups is 1. The van der Waals surface area contributed by atoms with Crippen molar-refractivity contribution in [3.05, 3.63) is 22.7 Å². The van der Waals surface area contributed by atoms with E-state index in [2.05, 4.69) is 0 Å². The summed E-state index contributed by atoms with van der Waals surface area (Å²) in [5.74, 6) is -0.951. The highest BCUT2D eigenvalue weighted by molar-refractivity contribution is 6.33. The third kappa shape index (κ3) is 2.26. The highest BCUT2D eigenvalue weighted by atomic mass is 35.5. The van der Waals surface area contributed by atoms with Gasteiger partial charge < -0.3 is 16.6 Å². The molecule has 0 amide bonds. The minimum atomic E-state index is -0.951. The average Bonchev–Trinajstić information content (AvgIpc) is 1.99. The molecular formula is C8H9ClN2O2. The van der Waals surface area contributed by atoms with Gasteiger partial charge >= 0.3 is 5.97 Å². The van der Waals surface area contributed by atoms with Crippen LogP contribution in [0.1, 0.15) is 5.56 Å². The molecule has 0 spiro atoms. The van der Waals surface area contributed by atoms with Crippen LogP contribution in [-0.4, -0.2) is 11.1 Å². The predicted molar refractivity (Wildman–Crippen MR) is 51.6 cm³/mol. The Morgan fingerprint density at radius 1 is 1.38 bits per heavy atom. The van der Waals surface area contributed by atoms with Crippen LogP contribution >= 0.6 is 11.6 Å². The van der Waals surface area contributed by atoms with E-state index in [1.807, 2.05) is 0 Å². The highest BCUT2D eigenvalue weighted by Crippen LogP contribution is 2.25. The summed E-state index contributed by atoms with van der Waals surface area (Å²) in [6.45, 7) is 0. The van der Waals surface area contributed by atoms with Gasteiger partial charge in [0.05, 0.1) is 17.1 Å². The molecule has 1 aromatic carbocycles. The minimum absolute atomic E-state index is 0.146. The lowest BCUT2D eigenvalue weighted by Crippen LogP contribution is -2.04. The maximum atomic E-state index is 10.4. The Labute approximate surface area is 80.1 Å². The third-order valence-corrected chi connectivity index (χ3v) is 1.93. The molecule has 0 heterocycles. The molecule has 0 bridgehead atoms. The molecule has 1 aromatic rings. The normalized spacial score (nSPS) is 9.92. The first kappa shape index (κ1) is 9.67. The molecule has 0 radical (unpaired) electrons. The molecule has 0 fully saturated rings. The number of anilines is 2. The Kier molecular flexibility index (Phi) is 2.63. The van der Waals surface area contributed by atoms with Crippen LogP contribution in [0.2, 0.25) is 5.02 Å². The molecule has 0 aromatic heterocycles. The summed E-state index contributed by atoms with van der Waals surface area (Å²) in [6, 6.07) is 2.93. The first-order chi connectivity index (χ1) is 6.00. The molecule has 13 heavy (non-hydrogen) atoms. The van der Waals surface area contributed by atoms with E-state index < -0.39 is 5.97 Å². The van der Waals surface area contributed by atoms with E-state index in [1.165, 1.54) is 12.1 Å². The second kappa shape index (κ2) is 3.53. The van der Waals surface area contributed by atoms with Gasteiger partial charge in [0, 0.05) is 5.69 Å². The van der Waals surface area contributed by atoms with E-state index >= 15 is 0 Å². The first-order valence-corrected chi connectivity index (χ1v) is 3.93. The van der Waals surface area contributed by atoms with Crippen LogP contribution in [0, 0.1) is 0 Å². The summed E-state index contributed by atoms with van der Waals surface area (Å²) < 4.78 is 0. The maximum Gasteiger partial charge on any atom is 0.307 e. The zero-order valence-electron chi connectivity index (χ0n) is 6.75. The molecular weight excluding hydrogens is 192 g/mol. The summed E-state index contributed by atoms with van der Waals surface area (Å²) >= 11 is 5.67. The smallest absolute Gasteiger partial charge is 0.307 e. The lowest BCUT2D eigenvalue weighted by Gasteiger charge is -2.05. The van der Waals surface area contributed by atoms with Crippen molar-refractivity contribution in [3.8, 4) is 0 Å². The van der Waals surface area contributed by atoms with Gasteiger partial charge in [0.2, 0.25) is 0 Å². The van der Waals surface area contributed by atoms with E-state index in [4.69, 9.17) is 28.2 Å². The van der Waals surface area contributed by atoms with Gasteiger partial charge in [-0.25, -0.2) is 0 Å². The third-order valence-electron chi connectivity index (χ3n) is 1.60. The van der Waals surface area contributed by atoms with Crippen molar-refractivity contribution in [2.75, 3.05) is 11.5 Å². The Balaban J connectivity index is 3.08. The first-order valence-electron chi connectivity index (χ1n) is 3.56. The average molecular weight is 201 g/mol. The van der Waals surface area contributed by atoms with Gasteiger partial charge in [-0.15, -0.1) is 0 Å². The number of hydrogen-bond acceptors (Lipinski definition) is 3. The number of aliphatic carboxylic acids is 1. The highest BCUT2D eigenvalue weighted by Gasteiger charge is 2.07. The second-order valence-electron chi connectivity index (χ2n) is 2.64. The summed E-state index contributed by atoms with van der Waals surface area (Å²) in [5, 5.41) is 8.86. The summed E-state index contributed by atoms with van der Waals surface area (Å²) in [6.07, 6.45) is -0.146. The van der Waals surface area contributed by atoms with Crippen LogP contribution in [0.15, 0.2) is 12.1 Å². The number of rotatable bonds is 2. The largest absolute Gasteiger partial charge is 0.481 e. The van der Waals surface area contributed by atoms with Crippen LogP contribution in [0.3, 0.4) is 0 Å². The van der Waals surface area contributed by atoms with Crippen molar-refractivity contribution in [2.24, 2.45) is 0 Å². The maximum absolute atomic E-state index is 10.4. The van der Waals surface area contributed by atoms with Crippen molar-refractivity contribution in [2.45, 2.75) is 6.42 Å². The van der Waals surface area contributed by atoms with Gasteiger partial charge in [0.25, 0.3) is 0 Å². The number of nitrogens with two attached hydrogens (primary N) is 2.